The van der Waals surface area contributed by atoms with Gasteiger partial charge in [0, 0.05) is 13.2 Å². The lowest BCUT2D eigenvalue weighted by Crippen LogP contribution is -2.13. The molecule has 0 atom stereocenters. The lowest BCUT2D eigenvalue weighted by molar-refractivity contribution is 0.857. The Morgan fingerprint density at radius 3 is 2.89 bits per heavy atom. The van der Waals surface area contributed by atoms with Crippen LogP contribution in [0.4, 0.5) is 5.69 Å². The summed E-state index contributed by atoms with van der Waals surface area (Å²) in [5.74, 6) is 0. The van der Waals surface area contributed by atoms with Gasteiger partial charge in [0.1, 0.15) is 5.69 Å². The van der Waals surface area contributed by atoms with Crippen LogP contribution in [0.3, 0.4) is 0 Å². The molecule has 1 aromatic rings. The molecule has 1 aromatic heterocycles. The molecule has 4 heteroatoms. The minimum Gasteiger partial charge on any atom is -0.393 e. The van der Waals surface area contributed by atoms with E-state index in [4.69, 9.17) is 5.73 Å². The molecule has 0 saturated carbocycles. The standard InChI is InChI=1S/C5H7N3O/c1-8-2-4(6)5(9)7-3-8/h2-3H,6H2,1H3. The number of nitrogens with zero attached hydrogens (tertiary/aromatic N) is 2. The van der Waals surface area contributed by atoms with Crippen LogP contribution in [0.5, 0.6) is 0 Å². The molecule has 0 saturated heterocycles. The number of hydrogen-bond donors (Lipinski definition) is 1. The molecule has 0 aliphatic carbocycles. The molecule has 0 spiro atoms. The lowest BCUT2D eigenvalue weighted by Gasteiger charge is -1.94. The van der Waals surface area contributed by atoms with Crippen molar-refractivity contribution in [1.29, 1.82) is 0 Å². The van der Waals surface area contributed by atoms with Crippen LogP contribution < -0.4 is 11.3 Å². The monoisotopic (exact) mass is 125 g/mol. The molecule has 0 bridgehead atoms. The molecule has 0 aliphatic heterocycles. The second-order valence-corrected chi connectivity index (χ2v) is 1.80. The molecule has 1 rings (SSSR count). The molecule has 9 heavy (non-hydrogen) atoms. The van der Waals surface area contributed by atoms with Gasteiger partial charge in [-0.25, -0.2) is 0 Å². The van der Waals surface area contributed by atoms with Crippen LogP contribution in [-0.2, 0) is 7.05 Å². The maximum atomic E-state index is 10.5. The molecule has 48 valence electrons. The minimum atomic E-state index is -0.367. The number of aryl methyl sites for hydroxylation is 1. The van der Waals surface area contributed by atoms with Gasteiger partial charge in [0.15, 0.2) is 0 Å². The normalized spacial score (nSPS) is 9.44. The average molecular weight is 125 g/mol. The van der Waals surface area contributed by atoms with E-state index >= 15 is 0 Å². The first-order valence-electron chi connectivity index (χ1n) is 2.48. The highest BCUT2D eigenvalue weighted by Gasteiger charge is 1.90. The van der Waals surface area contributed by atoms with Gasteiger partial charge in [-0.15, -0.1) is 0 Å². The van der Waals surface area contributed by atoms with Crippen molar-refractivity contribution in [1.82, 2.24) is 9.55 Å². The van der Waals surface area contributed by atoms with E-state index in [2.05, 4.69) is 4.98 Å². The molecule has 0 amide bonds. The van der Waals surface area contributed by atoms with Crippen molar-refractivity contribution in [3.8, 4) is 0 Å². The molecule has 0 fully saturated rings. The number of hydrogen-bond acceptors (Lipinski definition) is 3. The van der Waals surface area contributed by atoms with Crippen molar-refractivity contribution in [2.45, 2.75) is 0 Å². The fraction of sp³-hybridized carbons (Fsp3) is 0.200. The van der Waals surface area contributed by atoms with E-state index in [1.165, 1.54) is 12.5 Å². The first kappa shape index (κ1) is 5.81. The van der Waals surface area contributed by atoms with Crippen LogP contribution in [0.2, 0.25) is 0 Å². The Morgan fingerprint density at radius 1 is 1.78 bits per heavy atom. The topological polar surface area (TPSA) is 60.9 Å². The van der Waals surface area contributed by atoms with Crippen molar-refractivity contribution in [2.75, 3.05) is 5.73 Å². The van der Waals surface area contributed by atoms with Gasteiger partial charge in [0.05, 0.1) is 6.33 Å². The van der Waals surface area contributed by atoms with Gasteiger partial charge in [-0.05, 0) is 0 Å². The summed E-state index contributed by atoms with van der Waals surface area (Å²) in [6.07, 6.45) is 2.94. The summed E-state index contributed by atoms with van der Waals surface area (Å²) in [6.45, 7) is 0. The Kier molecular flexibility index (Phi) is 1.22. The molecule has 4 nitrogen and oxygen atoms in total. The molecular formula is C5H7N3O. The fourth-order valence-electron chi connectivity index (χ4n) is 0.526. The van der Waals surface area contributed by atoms with Crippen molar-refractivity contribution in [3.63, 3.8) is 0 Å². The third kappa shape index (κ3) is 1.07. The van der Waals surface area contributed by atoms with Crippen molar-refractivity contribution < 1.29 is 0 Å². The Hall–Kier alpha value is -1.32. The van der Waals surface area contributed by atoms with Gasteiger partial charge in [0.2, 0.25) is 0 Å². The zero-order chi connectivity index (χ0) is 6.85. The number of aromatic nitrogens is 2. The zero-order valence-corrected chi connectivity index (χ0v) is 5.03. The van der Waals surface area contributed by atoms with E-state index in [1.54, 1.807) is 11.6 Å². The van der Waals surface area contributed by atoms with E-state index in [9.17, 15) is 4.79 Å². The van der Waals surface area contributed by atoms with Crippen LogP contribution >= 0.6 is 0 Å². The second-order valence-electron chi connectivity index (χ2n) is 1.80. The molecule has 2 N–H and O–H groups in total. The van der Waals surface area contributed by atoms with Crippen molar-refractivity contribution in [2.24, 2.45) is 7.05 Å². The smallest absolute Gasteiger partial charge is 0.295 e. The highest BCUT2D eigenvalue weighted by atomic mass is 16.1. The maximum Gasteiger partial charge on any atom is 0.295 e. The first-order valence-corrected chi connectivity index (χ1v) is 2.48. The summed E-state index contributed by atoms with van der Waals surface area (Å²) < 4.78 is 1.62. The van der Waals surface area contributed by atoms with Gasteiger partial charge in [-0.2, -0.15) is 4.98 Å². The van der Waals surface area contributed by atoms with E-state index in [-0.39, 0.29) is 11.2 Å². The first-order chi connectivity index (χ1) is 4.20. The summed E-state index contributed by atoms with van der Waals surface area (Å²) in [4.78, 5) is 14.0. The van der Waals surface area contributed by atoms with Crippen LogP contribution in [0, 0.1) is 0 Å². The molecule has 1 heterocycles. The quantitative estimate of drug-likeness (QED) is 0.501. The lowest BCUT2D eigenvalue weighted by atomic mass is 10.5. The van der Waals surface area contributed by atoms with Crippen LogP contribution in [0.15, 0.2) is 17.3 Å². The Labute approximate surface area is 51.9 Å². The summed E-state index contributed by atoms with van der Waals surface area (Å²) in [5, 5.41) is 0. The number of rotatable bonds is 0. The van der Waals surface area contributed by atoms with Crippen molar-refractivity contribution >= 4 is 5.69 Å². The summed E-state index contributed by atoms with van der Waals surface area (Å²) in [6, 6.07) is 0. The highest BCUT2D eigenvalue weighted by molar-refractivity contribution is 5.29. The van der Waals surface area contributed by atoms with E-state index < -0.39 is 0 Å². The Balaban J connectivity index is 3.34. The predicted molar refractivity (Wildman–Crippen MR) is 33.9 cm³/mol. The third-order valence-electron chi connectivity index (χ3n) is 0.947. The summed E-state index contributed by atoms with van der Waals surface area (Å²) in [5.41, 5.74) is 5.04. The Morgan fingerprint density at radius 2 is 2.44 bits per heavy atom. The predicted octanol–water partition coefficient (Wildman–Crippen LogP) is -0.638. The number of nitrogens with two attached hydrogens (primary N) is 1. The zero-order valence-electron chi connectivity index (χ0n) is 5.03. The molecule has 0 aliphatic rings. The van der Waals surface area contributed by atoms with Crippen LogP contribution in [0.1, 0.15) is 0 Å². The second kappa shape index (κ2) is 1.89. The van der Waals surface area contributed by atoms with E-state index in [1.807, 2.05) is 0 Å². The molecule has 0 unspecified atom stereocenters. The van der Waals surface area contributed by atoms with E-state index in [0.29, 0.717) is 0 Å². The third-order valence-corrected chi connectivity index (χ3v) is 0.947. The van der Waals surface area contributed by atoms with Gasteiger partial charge in [0.25, 0.3) is 5.56 Å². The van der Waals surface area contributed by atoms with Gasteiger partial charge in [-0.3, -0.25) is 4.79 Å². The summed E-state index contributed by atoms with van der Waals surface area (Å²) >= 11 is 0. The van der Waals surface area contributed by atoms with Gasteiger partial charge < -0.3 is 10.3 Å². The van der Waals surface area contributed by atoms with Crippen LogP contribution in [-0.4, -0.2) is 9.55 Å². The van der Waals surface area contributed by atoms with Gasteiger partial charge >= 0.3 is 0 Å². The SMILES string of the molecule is Cn1cnc(=O)c(N)c1. The minimum absolute atomic E-state index is 0.181. The Bertz CT molecular complexity index is 265. The fourth-order valence-corrected chi connectivity index (χ4v) is 0.526. The highest BCUT2D eigenvalue weighted by Crippen LogP contribution is 1.84. The molecule has 0 aromatic carbocycles. The number of anilines is 1. The average Bonchev–Trinajstić information content (AvgIpc) is 1.80. The van der Waals surface area contributed by atoms with E-state index in [0.717, 1.165) is 0 Å². The number of nitrogen functional groups attached to an aromatic ring is 1. The van der Waals surface area contributed by atoms with Crippen LogP contribution in [0.25, 0.3) is 0 Å². The largest absolute Gasteiger partial charge is 0.393 e. The van der Waals surface area contributed by atoms with Crippen molar-refractivity contribution in [3.05, 3.63) is 22.9 Å². The maximum absolute atomic E-state index is 10.5. The van der Waals surface area contributed by atoms with Gasteiger partial charge in [-0.1, -0.05) is 0 Å². The molecule has 0 radical (unpaired) electrons. The molecular weight excluding hydrogens is 118 g/mol. The summed E-state index contributed by atoms with van der Waals surface area (Å²) in [7, 11) is 1.75.